The van der Waals surface area contributed by atoms with Crippen LogP contribution in [0.15, 0.2) is 0 Å². The topological polar surface area (TPSA) is 53.0 Å². The smallest absolute Gasteiger partial charge is 0.304 e. The molecule has 0 aliphatic heterocycles. The summed E-state index contributed by atoms with van der Waals surface area (Å²) in [5.41, 5.74) is 0. The molecule has 5 nitrogen and oxygen atoms in total. The number of carboxylic acid groups (broad SMARTS) is 1. The highest BCUT2D eigenvalue weighted by molar-refractivity contribution is 5.66. The number of likely N-dealkylation sites (N-methyl/N-ethyl adjacent to an activating group) is 1. The maximum Gasteiger partial charge on any atom is 0.304 e. The summed E-state index contributed by atoms with van der Waals surface area (Å²) in [7, 11) is 4.05. The zero-order chi connectivity index (χ0) is 14.0. The molecular weight excluding hydrogens is 232 g/mol. The molecule has 0 unspecified atom stereocenters. The van der Waals surface area contributed by atoms with E-state index < -0.39 is 5.97 Å². The van der Waals surface area contributed by atoms with Gasteiger partial charge in [-0.1, -0.05) is 0 Å². The molecule has 0 saturated carbocycles. The first-order valence-electron chi connectivity index (χ1n) is 6.62. The van der Waals surface area contributed by atoms with Gasteiger partial charge in [0.15, 0.2) is 0 Å². The Balaban J connectivity index is 3.84. The number of rotatable bonds is 11. The molecular formula is C13H28N2O3. The van der Waals surface area contributed by atoms with E-state index in [9.17, 15) is 4.79 Å². The van der Waals surface area contributed by atoms with E-state index in [4.69, 9.17) is 9.84 Å². The predicted octanol–water partition coefficient (Wildman–Crippen LogP) is 1.14. The van der Waals surface area contributed by atoms with Crippen molar-refractivity contribution in [3.05, 3.63) is 0 Å². The average Bonchev–Trinajstić information content (AvgIpc) is 2.25. The van der Waals surface area contributed by atoms with Crippen LogP contribution >= 0.6 is 0 Å². The minimum atomic E-state index is -0.733. The van der Waals surface area contributed by atoms with Crippen LogP contribution < -0.4 is 0 Å². The molecule has 0 rings (SSSR count). The Morgan fingerprint density at radius 3 is 2.33 bits per heavy atom. The Hall–Kier alpha value is -0.650. The number of carboxylic acids is 1. The fourth-order valence-electron chi connectivity index (χ4n) is 1.54. The van der Waals surface area contributed by atoms with E-state index in [1.165, 1.54) is 0 Å². The lowest BCUT2D eigenvalue weighted by atomic mass is 10.3. The third kappa shape index (κ3) is 11.8. The Labute approximate surface area is 111 Å². The lowest BCUT2D eigenvalue weighted by Gasteiger charge is -2.23. The maximum absolute atomic E-state index is 10.6. The number of ether oxygens (including phenoxy) is 1. The first-order chi connectivity index (χ1) is 8.41. The number of hydrogen-bond acceptors (Lipinski definition) is 4. The molecule has 5 heteroatoms. The SMILES string of the molecule is CC(C)OCCCN(CCC(=O)O)CCN(C)C. The van der Waals surface area contributed by atoms with E-state index in [0.29, 0.717) is 6.54 Å². The summed E-state index contributed by atoms with van der Waals surface area (Å²) in [4.78, 5) is 14.9. The second kappa shape index (κ2) is 10.3. The van der Waals surface area contributed by atoms with Crippen molar-refractivity contribution in [3.63, 3.8) is 0 Å². The van der Waals surface area contributed by atoms with Gasteiger partial charge in [0.2, 0.25) is 0 Å². The fraction of sp³-hybridized carbons (Fsp3) is 0.923. The molecule has 0 bridgehead atoms. The van der Waals surface area contributed by atoms with E-state index in [2.05, 4.69) is 9.80 Å². The fourth-order valence-corrected chi connectivity index (χ4v) is 1.54. The van der Waals surface area contributed by atoms with E-state index in [-0.39, 0.29) is 12.5 Å². The molecule has 108 valence electrons. The molecule has 0 aromatic carbocycles. The van der Waals surface area contributed by atoms with Gasteiger partial charge in [0, 0.05) is 32.8 Å². The van der Waals surface area contributed by atoms with Crippen LogP contribution in [0.5, 0.6) is 0 Å². The summed E-state index contributed by atoms with van der Waals surface area (Å²) >= 11 is 0. The Morgan fingerprint density at radius 1 is 1.17 bits per heavy atom. The lowest BCUT2D eigenvalue weighted by molar-refractivity contribution is -0.137. The second-order valence-corrected chi connectivity index (χ2v) is 5.06. The highest BCUT2D eigenvalue weighted by Crippen LogP contribution is 1.97. The van der Waals surface area contributed by atoms with Crippen molar-refractivity contribution in [3.8, 4) is 0 Å². The third-order valence-electron chi connectivity index (χ3n) is 2.58. The van der Waals surface area contributed by atoms with Crippen LogP contribution in [0.3, 0.4) is 0 Å². The Bertz CT molecular complexity index is 220. The van der Waals surface area contributed by atoms with Crippen molar-refractivity contribution in [2.45, 2.75) is 32.8 Å². The van der Waals surface area contributed by atoms with Gasteiger partial charge in [-0.05, 0) is 34.4 Å². The van der Waals surface area contributed by atoms with Crippen LogP contribution in [-0.2, 0) is 9.53 Å². The van der Waals surface area contributed by atoms with Crippen LogP contribution in [0.4, 0.5) is 0 Å². The molecule has 0 heterocycles. The summed E-state index contributed by atoms with van der Waals surface area (Å²) in [5.74, 6) is -0.733. The minimum absolute atomic E-state index is 0.207. The van der Waals surface area contributed by atoms with Gasteiger partial charge in [0.1, 0.15) is 0 Å². The standard InChI is InChI=1S/C13H28N2O3/c1-12(2)18-11-5-7-15(8-6-13(16)17)10-9-14(3)4/h12H,5-11H2,1-4H3,(H,16,17). The maximum atomic E-state index is 10.6. The predicted molar refractivity (Wildman–Crippen MR) is 73.0 cm³/mol. The molecule has 0 spiro atoms. The van der Waals surface area contributed by atoms with Gasteiger partial charge >= 0.3 is 5.97 Å². The van der Waals surface area contributed by atoms with Gasteiger partial charge in [0.25, 0.3) is 0 Å². The van der Waals surface area contributed by atoms with Gasteiger partial charge in [0.05, 0.1) is 12.5 Å². The normalized spacial score (nSPS) is 11.7. The summed E-state index contributed by atoms with van der Waals surface area (Å²) in [6.45, 7) is 8.15. The zero-order valence-corrected chi connectivity index (χ0v) is 12.2. The summed E-state index contributed by atoms with van der Waals surface area (Å²) < 4.78 is 5.49. The van der Waals surface area contributed by atoms with Gasteiger partial charge < -0.3 is 19.6 Å². The van der Waals surface area contributed by atoms with E-state index in [1.807, 2.05) is 27.9 Å². The minimum Gasteiger partial charge on any atom is -0.481 e. The van der Waals surface area contributed by atoms with Crippen molar-refractivity contribution >= 4 is 5.97 Å². The Kier molecular flexibility index (Phi) is 9.92. The second-order valence-electron chi connectivity index (χ2n) is 5.06. The Morgan fingerprint density at radius 2 is 1.83 bits per heavy atom. The molecule has 0 aliphatic carbocycles. The molecule has 18 heavy (non-hydrogen) atoms. The first-order valence-corrected chi connectivity index (χ1v) is 6.62. The average molecular weight is 260 g/mol. The van der Waals surface area contributed by atoms with E-state index in [1.54, 1.807) is 0 Å². The van der Waals surface area contributed by atoms with Gasteiger partial charge in [-0.2, -0.15) is 0 Å². The lowest BCUT2D eigenvalue weighted by Crippen LogP contribution is -2.34. The summed E-state index contributed by atoms with van der Waals surface area (Å²) in [6, 6.07) is 0. The number of nitrogens with zero attached hydrogens (tertiary/aromatic N) is 2. The largest absolute Gasteiger partial charge is 0.481 e. The van der Waals surface area contributed by atoms with Crippen molar-refractivity contribution < 1.29 is 14.6 Å². The molecule has 0 radical (unpaired) electrons. The molecule has 0 aromatic rings. The van der Waals surface area contributed by atoms with Crippen LogP contribution in [0.1, 0.15) is 26.7 Å². The molecule has 1 N–H and O–H groups in total. The summed E-state index contributed by atoms with van der Waals surface area (Å²) in [6.07, 6.45) is 1.42. The van der Waals surface area contributed by atoms with Crippen molar-refractivity contribution in [2.75, 3.05) is 46.9 Å². The molecule has 0 aliphatic rings. The number of aliphatic carboxylic acids is 1. The van der Waals surface area contributed by atoms with E-state index in [0.717, 1.165) is 32.7 Å². The van der Waals surface area contributed by atoms with Crippen molar-refractivity contribution in [2.24, 2.45) is 0 Å². The highest BCUT2D eigenvalue weighted by atomic mass is 16.5. The van der Waals surface area contributed by atoms with Gasteiger partial charge in [-0.25, -0.2) is 0 Å². The van der Waals surface area contributed by atoms with Crippen LogP contribution in [0.25, 0.3) is 0 Å². The van der Waals surface area contributed by atoms with Crippen LogP contribution in [0, 0.1) is 0 Å². The summed E-state index contributed by atoms with van der Waals surface area (Å²) in [5, 5.41) is 8.72. The number of carbonyl (C=O) groups is 1. The molecule has 0 atom stereocenters. The quantitative estimate of drug-likeness (QED) is 0.565. The monoisotopic (exact) mass is 260 g/mol. The van der Waals surface area contributed by atoms with E-state index >= 15 is 0 Å². The van der Waals surface area contributed by atoms with Gasteiger partial charge in [-0.3, -0.25) is 4.79 Å². The van der Waals surface area contributed by atoms with Crippen LogP contribution in [0.2, 0.25) is 0 Å². The van der Waals surface area contributed by atoms with Crippen molar-refractivity contribution in [1.82, 2.24) is 9.80 Å². The molecule has 0 amide bonds. The molecule has 0 aromatic heterocycles. The first kappa shape index (κ1) is 17.4. The van der Waals surface area contributed by atoms with Crippen molar-refractivity contribution in [1.29, 1.82) is 0 Å². The molecule has 0 saturated heterocycles. The number of hydrogen-bond donors (Lipinski definition) is 1. The molecule has 0 fully saturated rings. The highest BCUT2D eigenvalue weighted by Gasteiger charge is 2.08. The third-order valence-corrected chi connectivity index (χ3v) is 2.58. The van der Waals surface area contributed by atoms with Gasteiger partial charge in [-0.15, -0.1) is 0 Å². The zero-order valence-electron chi connectivity index (χ0n) is 12.2. The van der Waals surface area contributed by atoms with Crippen LogP contribution in [-0.4, -0.2) is 73.9 Å².